The number of nitrogens with one attached hydrogen (secondary N) is 3. The number of nitrogens with zero attached hydrogens (tertiary/aromatic N) is 1. The van der Waals surface area contributed by atoms with Crippen LogP contribution in [0.3, 0.4) is 0 Å². The van der Waals surface area contributed by atoms with Gasteiger partial charge >= 0.3 is 6.09 Å². The smallest absolute Gasteiger partial charge is 0.407 e. The van der Waals surface area contributed by atoms with Crippen molar-refractivity contribution in [2.45, 2.75) is 37.8 Å². The van der Waals surface area contributed by atoms with Crippen molar-refractivity contribution in [3.8, 4) is 0 Å². The van der Waals surface area contributed by atoms with Gasteiger partial charge < -0.3 is 15.4 Å². The number of anilines is 1. The lowest BCUT2D eigenvalue weighted by atomic mass is 9.99. The monoisotopic (exact) mass is 490 g/mol. The molecule has 0 saturated heterocycles. The molecule has 0 spiro atoms. The normalized spacial score (nSPS) is 15.6. The number of rotatable bonds is 10. The third-order valence-corrected chi connectivity index (χ3v) is 6.27. The lowest BCUT2D eigenvalue weighted by molar-refractivity contribution is -0.123. The summed E-state index contributed by atoms with van der Waals surface area (Å²) >= 11 is -0.727. The number of carbonyl (C=O) groups excluding carboxylic acids is 2. The molecule has 2 aromatic rings. The largest absolute Gasteiger partial charge is 0.453 e. The van der Waals surface area contributed by atoms with Gasteiger partial charge in [0.05, 0.1) is 13.2 Å². The number of hydrogen-bond acceptors (Lipinski definition) is 6. The Labute approximate surface area is 198 Å². The summed E-state index contributed by atoms with van der Waals surface area (Å²) in [5, 5.41) is 8.21. The van der Waals surface area contributed by atoms with Crippen molar-refractivity contribution in [3.05, 3.63) is 70.2 Å². The number of benzene rings is 1. The maximum absolute atomic E-state index is 13.2. The van der Waals surface area contributed by atoms with E-state index in [1.165, 1.54) is 18.4 Å². The van der Waals surface area contributed by atoms with Crippen LogP contribution in [-0.2, 0) is 27.2 Å². The van der Waals surface area contributed by atoms with Gasteiger partial charge in [0.25, 0.3) is 11.3 Å². The summed E-state index contributed by atoms with van der Waals surface area (Å²) in [5.74, 6) is -0.338. The van der Waals surface area contributed by atoms with Crippen molar-refractivity contribution < 1.29 is 23.1 Å². The maximum Gasteiger partial charge on any atom is 0.407 e. The van der Waals surface area contributed by atoms with Crippen molar-refractivity contribution in [1.82, 2.24) is 15.6 Å². The first-order chi connectivity index (χ1) is 15.9. The van der Waals surface area contributed by atoms with Gasteiger partial charge in [-0.05, 0) is 42.5 Å². The Balaban J connectivity index is 1.75. The molecule has 3 atom stereocenters. The summed E-state index contributed by atoms with van der Waals surface area (Å²) in [7, 11) is 1.26. The van der Waals surface area contributed by atoms with Gasteiger partial charge in [0, 0.05) is 23.7 Å². The summed E-state index contributed by atoms with van der Waals surface area (Å²) in [5.41, 5.74) is 2.39. The molecule has 0 radical (unpaired) electrons. The molecule has 2 amide bonds. The van der Waals surface area contributed by atoms with E-state index in [2.05, 4.69) is 26.4 Å². The summed E-state index contributed by atoms with van der Waals surface area (Å²) in [6.45, 7) is 0. The predicted molar refractivity (Wildman–Crippen MR) is 128 cm³/mol. The molecule has 176 valence electrons. The highest BCUT2D eigenvalue weighted by molar-refractivity contribution is 7.80. The zero-order valence-electron chi connectivity index (χ0n) is 18.0. The second-order valence-corrected chi connectivity index (χ2v) is 8.96. The van der Waals surface area contributed by atoms with Gasteiger partial charge in [-0.25, -0.2) is 14.0 Å². The van der Waals surface area contributed by atoms with Crippen LogP contribution in [-0.4, -0.2) is 38.9 Å². The zero-order valence-corrected chi connectivity index (χ0v) is 19.7. The van der Waals surface area contributed by atoms with Crippen molar-refractivity contribution >= 4 is 40.3 Å². The minimum absolute atomic E-state index is 0.338. The molecule has 1 aliphatic rings. The first kappa shape index (κ1) is 24.6. The summed E-state index contributed by atoms with van der Waals surface area (Å²) in [4.78, 5) is 29.4. The first-order valence-corrected chi connectivity index (χ1v) is 12.3. The van der Waals surface area contributed by atoms with Gasteiger partial charge in [0.1, 0.15) is 11.0 Å². The number of allylic oxidation sites excluding steroid dienone is 3. The standard InChI is InChI=1S/C22H26N4O5S2/c1-31-22(28)25-18(13-15-5-3-2-4-6-15)20(27)24-19(21-23-11-12-32-21)14-16-7-9-17(10-8-16)26-33(29)30/h3,5-12,18-19,26H,2,4,13-14H2,1H3,(H,24,27)(H,25,28)(H,29,30)/t18-,19-/m0/s1. The molecule has 0 fully saturated rings. The fourth-order valence-electron chi connectivity index (χ4n) is 3.39. The molecule has 0 saturated carbocycles. The first-order valence-electron chi connectivity index (χ1n) is 10.3. The van der Waals surface area contributed by atoms with E-state index in [0.717, 1.165) is 29.0 Å². The summed E-state index contributed by atoms with van der Waals surface area (Å²) in [6.07, 6.45) is 9.73. The number of thiazole rings is 1. The number of aromatic nitrogens is 1. The van der Waals surface area contributed by atoms with E-state index in [1.54, 1.807) is 18.3 Å². The molecule has 1 aliphatic carbocycles. The van der Waals surface area contributed by atoms with Crippen LogP contribution in [0.1, 0.15) is 35.9 Å². The molecular weight excluding hydrogens is 464 g/mol. The predicted octanol–water partition coefficient (Wildman–Crippen LogP) is 3.48. The van der Waals surface area contributed by atoms with Crippen LogP contribution in [0.2, 0.25) is 0 Å². The highest BCUT2D eigenvalue weighted by Crippen LogP contribution is 2.23. The summed E-state index contributed by atoms with van der Waals surface area (Å²) < 4.78 is 27.0. The van der Waals surface area contributed by atoms with E-state index in [4.69, 9.17) is 9.29 Å². The average Bonchev–Trinajstić information content (AvgIpc) is 3.34. The second-order valence-electron chi connectivity index (χ2n) is 7.34. The van der Waals surface area contributed by atoms with Gasteiger partial charge in [0.15, 0.2) is 0 Å². The Morgan fingerprint density at radius 1 is 1.21 bits per heavy atom. The molecule has 3 rings (SSSR count). The van der Waals surface area contributed by atoms with E-state index < -0.39 is 29.4 Å². The number of alkyl carbamates (subject to hydrolysis) is 1. The second kappa shape index (κ2) is 12.3. The van der Waals surface area contributed by atoms with Gasteiger partial charge in [-0.3, -0.25) is 14.1 Å². The Hall–Kier alpha value is -3.02. The van der Waals surface area contributed by atoms with E-state index in [0.29, 0.717) is 18.5 Å². The fraction of sp³-hybridized carbons (Fsp3) is 0.318. The SMILES string of the molecule is COC(=O)N[C@@H](CC1=CCCC=C1)C(=O)N[C@@H](Cc1ccc(NS(=O)O)cc1)c1nccs1. The topological polar surface area (TPSA) is 130 Å². The van der Waals surface area contributed by atoms with E-state index >= 15 is 0 Å². The van der Waals surface area contributed by atoms with E-state index in [9.17, 15) is 13.8 Å². The van der Waals surface area contributed by atoms with Crippen LogP contribution in [0.15, 0.2) is 59.6 Å². The molecule has 33 heavy (non-hydrogen) atoms. The van der Waals surface area contributed by atoms with Crippen LogP contribution < -0.4 is 15.4 Å². The van der Waals surface area contributed by atoms with Gasteiger partial charge in [-0.1, -0.05) is 30.4 Å². The molecule has 4 N–H and O–H groups in total. The highest BCUT2D eigenvalue weighted by Gasteiger charge is 2.26. The average molecular weight is 491 g/mol. The van der Waals surface area contributed by atoms with Crippen LogP contribution >= 0.6 is 11.3 Å². The van der Waals surface area contributed by atoms with Crippen LogP contribution in [0, 0.1) is 0 Å². The number of carbonyl (C=O) groups is 2. The Morgan fingerprint density at radius 2 is 2.00 bits per heavy atom. The molecular formula is C22H26N4O5S2. The maximum atomic E-state index is 13.2. The van der Waals surface area contributed by atoms with Crippen LogP contribution in [0.25, 0.3) is 0 Å². The van der Waals surface area contributed by atoms with Crippen LogP contribution in [0.4, 0.5) is 10.5 Å². The molecule has 1 heterocycles. The van der Waals surface area contributed by atoms with Gasteiger partial charge in [0.2, 0.25) is 5.91 Å². The number of hydrogen-bond donors (Lipinski definition) is 4. The third-order valence-electron chi connectivity index (χ3n) is 4.97. The molecule has 0 bridgehead atoms. The molecule has 9 nitrogen and oxygen atoms in total. The van der Waals surface area contributed by atoms with Crippen molar-refractivity contribution in [3.63, 3.8) is 0 Å². The zero-order chi connectivity index (χ0) is 23.6. The van der Waals surface area contributed by atoms with E-state index in [-0.39, 0.29) is 5.91 Å². The molecule has 0 aliphatic heterocycles. The highest BCUT2D eigenvalue weighted by atomic mass is 32.2. The Morgan fingerprint density at radius 3 is 2.61 bits per heavy atom. The van der Waals surface area contributed by atoms with Crippen molar-refractivity contribution in [2.75, 3.05) is 11.8 Å². The molecule has 1 unspecified atom stereocenters. The lowest BCUT2D eigenvalue weighted by Crippen LogP contribution is -2.48. The number of amides is 2. The minimum Gasteiger partial charge on any atom is -0.453 e. The third kappa shape index (κ3) is 7.81. The number of methoxy groups -OCH3 is 1. The van der Waals surface area contributed by atoms with Crippen molar-refractivity contribution in [1.29, 1.82) is 0 Å². The Kier molecular flexibility index (Phi) is 9.16. The molecule has 11 heteroatoms. The van der Waals surface area contributed by atoms with Crippen molar-refractivity contribution in [2.24, 2.45) is 0 Å². The minimum atomic E-state index is -2.15. The van der Waals surface area contributed by atoms with Gasteiger partial charge in [-0.15, -0.1) is 11.3 Å². The Bertz CT molecular complexity index is 1020. The molecule has 1 aromatic heterocycles. The molecule has 1 aromatic carbocycles. The number of ether oxygens (including phenoxy) is 1. The lowest BCUT2D eigenvalue weighted by Gasteiger charge is -2.23. The quantitative estimate of drug-likeness (QED) is 0.377. The fourth-order valence-corrected chi connectivity index (χ4v) is 4.42. The summed E-state index contributed by atoms with van der Waals surface area (Å²) in [6, 6.07) is 5.77. The van der Waals surface area contributed by atoms with E-state index in [1.807, 2.05) is 29.7 Å². The van der Waals surface area contributed by atoms with Crippen LogP contribution in [0.5, 0.6) is 0 Å². The van der Waals surface area contributed by atoms with Gasteiger partial charge in [-0.2, -0.15) is 0 Å².